The molecule has 249 valence electrons. The molecule has 0 amide bonds. The smallest absolute Gasteiger partial charge is 0.388 e. The Bertz CT molecular complexity index is 2020. The summed E-state index contributed by atoms with van der Waals surface area (Å²) in [5, 5.41) is 18.8. The van der Waals surface area contributed by atoms with E-state index in [2.05, 4.69) is 24.7 Å². The van der Waals surface area contributed by atoms with Gasteiger partial charge in [-0.1, -0.05) is 54.9 Å². The zero-order valence-corrected chi connectivity index (χ0v) is 31.5. The number of benzene rings is 2. The minimum Gasteiger partial charge on any atom is -0.388 e. The number of aromatic nitrogens is 6. The Morgan fingerprint density at radius 2 is 1.83 bits per heavy atom. The van der Waals surface area contributed by atoms with Crippen LogP contribution >= 0.6 is 0 Å². The fourth-order valence-electron chi connectivity index (χ4n) is 6.46. The summed E-state index contributed by atoms with van der Waals surface area (Å²) in [5.41, 5.74) is 2.37. The molecule has 0 saturated heterocycles. The molecule has 2 aromatic carbocycles. The molecular formula is C35H41FKN6O5. The minimum atomic E-state index is -0.947. The van der Waals surface area contributed by atoms with Crippen molar-refractivity contribution in [3.05, 3.63) is 91.8 Å². The third-order valence-corrected chi connectivity index (χ3v) is 9.23. The largest absolute Gasteiger partial charge is 0.439 e. The molecule has 1 aliphatic carbocycles. The average Bonchev–Trinajstić information content (AvgIpc) is 3.65. The van der Waals surface area contributed by atoms with Gasteiger partial charge < -0.3 is 9.84 Å². The summed E-state index contributed by atoms with van der Waals surface area (Å²) in [5.74, 6) is 0.195. The van der Waals surface area contributed by atoms with Crippen LogP contribution in [0.15, 0.2) is 56.6 Å². The van der Waals surface area contributed by atoms with E-state index >= 15 is 4.39 Å². The van der Waals surface area contributed by atoms with Gasteiger partial charge in [-0.3, -0.25) is 18.9 Å². The van der Waals surface area contributed by atoms with E-state index in [0.717, 1.165) is 25.0 Å². The van der Waals surface area contributed by atoms with E-state index in [1.54, 1.807) is 41.1 Å². The molecule has 11 nitrogen and oxygen atoms in total. The second-order valence-corrected chi connectivity index (χ2v) is 13.1. The second kappa shape index (κ2) is 15.0. The monoisotopic (exact) mass is 683 g/mol. The third kappa shape index (κ3) is 7.52. The number of aliphatic hydroxyl groups is 1. The van der Waals surface area contributed by atoms with Gasteiger partial charge >= 0.3 is 5.76 Å². The van der Waals surface area contributed by atoms with Gasteiger partial charge in [0.25, 0.3) is 5.56 Å². The van der Waals surface area contributed by atoms with Crippen LogP contribution < -0.4 is 11.3 Å². The van der Waals surface area contributed by atoms with Crippen LogP contribution in [-0.2, 0) is 17.6 Å². The van der Waals surface area contributed by atoms with Crippen LogP contribution in [0.1, 0.15) is 88.5 Å². The Morgan fingerprint density at radius 3 is 2.46 bits per heavy atom. The number of nitrogens with zero attached hydrogens (tertiary/aromatic N) is 5. The fraction of sp³-hybridized carbons (Fsp3) is 0.457. The Balaban J connectivity index is 0.00000451. The van der Waals surface area contributed by atoms with E-state index in [4.69, 9.17) is 4.74 Å². The molecule has 0 bridgehead atoms. The van der Waals surface area contributed by atoms with Crippen molar-refractivity contribution in [1.82, 2.24) is 29.3 Å². The minimum absolute atomic E-state index is 0. The zero-order valence-electron chi connectivity index (χ0n) is 28.4. The van der Waals surface area contributed by atoms with Crippen LogP contribution in [-0.4, -0.2) is 104 Å². The molecule has 1 atom stereocenters. The summed E-state index contributed by atoms with van der Waals surface area (Å²) in [6.07, 6.45) is 4.00. The van der Waals surface area contributed by atoms with Crippen molar-refractivity contribution in [2.24, 2.45) is 0 Å². The van der Waals surface area contributed by atoms with Gasteiger partial charge in [-0.25, -0.2) is 13.7 Å². The molecule has 0 aliphatic heterocycles. The Morgan fingerprint density at radius 1 is 1.12 bits per heavy atom. The Labute approximate surface area is 320 Å². The Kier molecular flexibility index (Phi) is 11.4. The van der Waals surface area contributed by atoms with Crippen molar-refractivity contribution >= 4 is 57.2 Å². The van der Waals surface area contributed by atoms with E-state index in [1.807, 2.05) is 39.0 Å². The molecule has 5 aromatic rings. The molecule has 3 aromatic heterocycles. The summed E-state index contributed by atoms with van der Waals surface area (Å²) in [4.78, 5) is 33.3. The molecule has 1 aliphatic rings. The number of ether oxygens (including phenoxy) is 1. The first kappa shape index (κ1) is 36.5. The van der Waals surface area contributed by atoms with Crippen molar-refractivity contribution in [3.8, 4) is 22.5 Å². The quantitative estimate of drug-likeness (QED) is 0.192. The molecular weight excluding hydrogens is 643 g/mol. The number of aromatic amines is 1. The molecule has 1 unspecified atom stereocenters. The van der Waals surface area contributed by atoms with Gasteiger partial charge in [0.05, 0.1) is 23.5 Å². The van der Waals surface area contributed by atoms with Crippen molar-refractivity contribution in [1.29, 1.82) is 0 Å². The van der Waals surface area contributed by atoms with E-state index in [9.17, 15) is 14.7 Å². The van der Waals surface area contributed by atoms with E-state index in [1.165, 1.54) is 6.07 Å². The molecule has 3 heterocycles. The first-order chi connectivity index (χ1) is 22.4. The number of hydrogen-bond acceptors (Lipinski definition) is 8. The molecule has 1 saturated carbocycles. The molecule has 6 rings (SSSR count). The number of nitrogens with one attached hydrogen (secondary N) is 1. The maximum atomic E-state index is 15.9. The van der Waals surface area contributed by atoms with Gasteiger partial charge in [0.15, 0.2) is 5.82 Å². The van der Waals surface area contributed by atoms with Gasteiger partial charge in [0, 0.05) is 75.0 Å². The summed E-state index contributed by atoms with van der Waals surface area (Å²) in [6, 6.07) is 12.1. The summed E-state index contributed by atoms with van der Waals surface area (Å²) >= 11 is 0. The molecule has 1 fully saturated rings. The average molecular weight is 684 g/mol. The standard InChI is InChI=1S/C35H41FN6O5.K/c1-6-9-30-28(18-23-13-12-22(19-29(23)36)26-10-7-8-11-27(26)31-38-34(44)47-40-31)32(43)41(33-37-21(3)39-42(30)33)24-14-16-25(17-15-24)46-20(2)35(4,5)45;/h7-8,10-13,19-20,24-25,45H,6,9,14-18H2,1-5H3,(H,38,40,44);. The van der Waals surface area contributed by atoms with Crippen LogP contribution in [0.2, 0.25) is 0 Å². The SMILES string of the molecule is CCCc1c(Cc2ccc(-c3ccccc3-c3noc(=O)[nH]3)cc2F)c(=O)n(C2CCC(OC(C)C(C)(C)O)CC2)c2nc(C)nn12.[K]. The van der Waals surface area contributed by atoms with Gasteiger partial charge in [-0.05, 0) is 82.6 Å². The predicted octanol–water partition coefficient (Wildman–Crippen LogP) is 5.17. The molecule has 0 spiro atoms. The van der Waals surface area contributed by atoms with Gasteiger partial charge in [0.1, 0.15) is 11.6 Å². The first-order valence-corrected chi connectivity index (χ1v) is 16.3. The second-order valence-electron chi connectivity index (χ2n) is 13.1. The van der Waals surface area contributed by atoms with Crippen LogP contribution in [0, 0.1) is 12.7 Å². The normalized spacial score (nSPS) is 17.4. The van der Waals surface area contributed by atoms with Crippen molar-refractivity contribution in [3.63, 3.8) is 0 Å². The van der Waals surface area contributed by atoms with Crippen molar-refractivity contribution in [2.75, 3.05) is 0 Å². The number of fused-ring (bicyclic) bond motifs is 1. The number of H-pyrrole nitrogens is 1. The number of rotatable bonds is 10. The number of halogens is 1. The summed E-state index contributed by atoms with van der Waals surface area (Å²) in [6.45, 7) is 9.20. The number of hydrogen-bond donors (Lipinski definition) is 2. The van der Waals surface area contributed by atoms with Gasteiger partial charge in [0.2, 0.25) is 5.78 Å². The molecule has 48 heavy (non-hydrogen) atoms. The zero-order chi connectivity index (χ0) is 33.5. The molecule has 13 heteroatoms. The van der Waals surface area contributed by atoms with E-state index in [-0.39, 0.29) is 87.4 Å². The van der Waals surface area contributed by atoms with Crippen LogP contribution in [0.25, 0.3) is 28.3 Å². The summed E-state index contributed by atoms with van der Waals surface area (Å²) in [7, 11) is 0. The number of aryl methyl sites for hydroxylation is 2. The topological polar surface area (TPSA) is 141 Å². The van der Waals surface area contributed by atoms with Crippen molar-refractivity contribution in [2.45, 2.75) is 103 Å². The fourth-order valence-corrected chi connectivity index (χ4v) is 6.46. The van der Waals surface area contributed by atoms with E-state index in [0.29, 0.717) is 58.7 Å². The molecule has 2 N–H and O–H groups in total. The van der Waals surface area contributed by atoms with Crippen LogP contribution in [0.4, 0.5) is 4.39 Å². The molecule has 1 radical (unpaired) electrons. The van der Waals surface area contributed by atoms with Crippen molar-refractivity contribution < 1.29 is 18.8 Å². The third-order valence-electron chi connectivity index (χ3n) is 9.23. The predicted molar refractivity (Wildman–Crippen MR) is 181 cm³/mol. The van der Waals surface area contributed by atoms with E-state index < -0.39 is 17.2 Å². The Hall–Kier alpha value is -2.78. The van der Waals surface area contributed by atoms with Crippen LogP contribution in [0.5, 0.6) is 0 Å². The summed E-state index contributed by atoms with van der Waals surface area (Å²) < 4.78 is 30.3. The maximum Gasteiger partial charge on any atom is 0.439 e. The first-order valence-electron chi connectivity index (χ1n) is 16.3. The van der Waals surface area contributed by atoms with Crippen LogP contribution in [0.3, 0.4) is 0 Å². The van der Waals surface area contributed by atoms with Gasteiger partial charge in [-0.15, -0.1) is 0 Å². The van der Waals surface area contributed by atoms with Gasteiger partial charge in [-0.2, -0.15) is 10.1 Å². The maximum absolute atomic E-state index is 15.9.